The number of hydrogen-bond acceptors (Lipinski definition) is 4. The fourth-order valence-corrected chi connectivity index (χ4v) is 5.58. The van der Waals surface area contributed by atoms with Crippen LogP contribution >= 0.6 is 23.2 Å². The number of hydrogen-bond donors (Lipinski definition) is 2. The predicted molar refractivity (Wildman–Crippen MR) is 137 cm³/mol. The highest BCUT2D eigenvalue weighted by atomic mass is 35.5. The van der Waals surface area contributed by atoms with Gasteiger partial charge in [-0.25, -0.2) is 12.8 Å². The van der Waals surface area contributed by atoms with Crippen molar-refractivity contribution < 1.29 is 17.6 Å². The number of halogens is 3. The first kappa shape index (κ1) is 25.4. The average molecular weight is 536 g/mol. The maximum atomic E-state index is 13.9. The fraction of sp³-hybridized carbons (Fsp3) is 0.240. The molecule has 3 aromatic carbocycles. The molecule has 1 aliphatic rings. The van der Waals surface area contributed by atoms with E-state index in [-0.39, 0.29) is 28.2 Å². The lowest BCUT2D eigenvalue weighted by atomic mass is 9.95. The van der Waals surface area contributed by atoms with Crippen molar-refractivity contribution >= 4 is 50.5 Å². The van der Waals surface area contributed by atoms with Gasteiger partial charge in [-0.15, -0.1) is 0 Å². The van der Waals surface area contributed by atoms with Crippen LogP contribution < -0.4 is 10.0 Å². The Bertz CT molecular complexity index is 1290. The zero-order valence-corrected chi connectivity index (χ0v) is 21.0. The molecule has 10 heteroatoms. The van der Waals surface area contributed by atoms with E-state index in [9.17, 15) is 17.6 Å². The number of rotatable bonds is 7. The molecule has 0 bridgehead atoms. The first-order chi connectivity index (χ1) is 16.7. The molecule has 1 amide bonds. The van der Waals surface area contributed by atoms with Crippen LogP contribution in [0.1, 0.15) is 18.4 Å². The van der Waals surface area contributed by atoms with Crippen molar-refractivity contribution in [1.29, 1.82) is 0 Å². The highest BCUT2D eigenvalue weighted by Gasteiger charge is 2.25. The van der Waals surface area contributed by atoms with Crippen LogP contribution in [0, 0.1) is 11.7 Å². The molecule has 2 N–H and O–H groups in total. The van der Waals surface area contributed by atoms with Crippen molar-refractivity contribution in [2.75, 3.05) is 23.1 Å². The highest BCUT2D eigenvalue weighted by Crippen LogP contribution is 2.26. The summed E-state index contributed by atoms with van der Waals surface area (Å²) in [4.78, 5) is 14.9. The van der Waals surface area contributed by atoms with E-state index in [1.807, 2.05) is 6.07 Å². The van der Waals surface area contributed by atoms with Gasteiger partial charge in [-0.2, -0.15) is 0 Å². The summed E-state index contributed by atoms with van der Waals surface area (Å²) < 4.78 is 41.7. The van der Waals surface area contributed by atoms with E-state index in [4.69, 9.17) is 23.2 Å². The minimum Gasteiger partial charge on any atom is -0.326 e. The van der Waals surface area contributed by atoms with Gasteiger partial charge in [-0.05, 0) is 74.5 Å². The summed E-state index contributed by atoms with van der Waals surface area (Å²) in [5.41, 5.74) is 1.41. The smallest absolute Gasteiger partial charge is 0.261 e. The molecular formula is C25H24Cl2FN3O3S. The lowest BCUT2D eigenvalue weighted by molar-refractivity contribution is -0.121. The van der Waals surface area contributed by atoms with Crippen molar-refractivity contribution in [3.63, 3.8) is 0 Å². The second-order valence-corrected chi connectivity index (χ2v) is 11.0. The topological polar surface area (TPSA) is 78.5 Å². The molecule has 1 saturated heterocycles. The summed E-state index contributed by atoms with van der Waals surface area (Å²) in [5.74, 6) is -0.494. The van der Waals surface area contributed by atoms with Crippen molar-refractivity contribution in [1.82, 2.24) is 4.90 Å². The van der Waals surface area contributed by atoms with Gasteiger partial charge in [0.2, 0.25) is 5.91 Å². The van der Waals surface area contributed by atoms with Gasteiger partial charge in [0, 0.05) is 33.8 Å². The maximum Gasteiger partial charge on any atom is 0.261 e. The van der Waals surface area contributed by atoms with Crippen molar-refractivity contribution in [2.24, 2.45) is 5.92 Å². The average Bonchev–Trinajstić information content (AvgIpc) is 2.80. The predicted octanol–water partition coefficient (Wildman–Crippen LogP) is 5.78. The van der Waals surface area contributed by atoms with E-state index < -0.39 is 10.0 Å². The molecule has 1 heterocycles. The number of anilines is 2. The third kappa shape index (κ3) is 6.73. The molecule has 0 saturated carbocycles. The molecule has 1 aliphatic heterocycles. The molecule has 4 rings (SSSR count). The molecule has 3 aromatic rings. The molecule has 184 valence electrons. The number of amides is 1. The van der Waals surface area contributed by atoms with Crippen LogP contribution in [0.2, 0.25) is 10.0 Å². The van der Waals surface area contributed by atoms with E-state index in [0.717, 1.165) is 0 Å². The Hall–Kier alpha value is -2.65. The molecule has 0 spiro atoms. The SMILES string of the molecule is O=C(Nc1ccc(S(=O)(=O)Nc2cc(Cl)cc(Cl)c2)cc1)C1CCN(Cc2ccccc2F)CC1. The lowest BCUT2D eigenvalue weighted by Gasteiger charge is -2.31. The minimum absolute atomic E-state index is 0.0352. The van der Waals surface area contributed by atoms with Gasteiger partial charge in [0.05, 0.1) is 10.6 Å². The van der Waals surface area contributed by atoms with Crippen LogP contribution in [0.4, 0.5) is 15.8 Å². The Kier molecular flexibility index (Phi) is 7.96. The number of piperidine rings is 1. The first-order valence-corrected chi connectivity index (χ1v) is 13.3. The Morgan fingerprint density at radius 1 is 0.943 bits per heavy atom. The summed E-state index contributed by atoms with van der Waals surface area (Å²) in [6.07, 6.45) is 1.33. The molecule has 0 radical (unpaired) electrons. The normalized spacial score (nSPS) is 15.1. The van der Waals surface area contributed by atoms with Crippen molar-refractivity contribution in [3.8, 4) is 0 Å². The number of nitrogens with zero attached hydrogens (tertiary/aromatic N) is 1. The van der Waals surface area contributed by atoms with Crippen LogP contribution in [0.5, 0.6) is 0 Å². The summed E-state index contributed by atoms with van der Waals surface area (Å²) in [6.45, 7) is 1.91. The zero-order chi connectivity index (χ0) is 25.0. The van der Waals surface area contributed by atoms with Gasteiger partial charge in [0.25, 0.3) is 10.0 Å². The molecule has 0 aliphatic carbocycles. The second-order valence-electron chi connectivity index (χ2n) is 8.42. The summed E-state index contributed by atoms with van der Waals surface area (Å²) >= 11 is 11.9. The van der Waals surface area contributed by atoms with Crippen LogP contribution in [0.15, 0.2) is 71.6 Å². The van der Waals surface area contributed by atoms with Crippen LogP contribution in [0.3, 0.4) is 0 Å². The monoisotopic (exact) mass is 535 g/mol. The number of nitrogens with one attached hydrogen (secondary N) is 2. The summed E-state index contributed by atoms with van der Waals surface area (Å²) in [6, 6.07) is 17.1. The van der Waals surface area contributed by atoms with Gasteiger partial charge < -0.3 is 5.32 Å². The molecule has 1 fully saturated rings. The number of likely N-dealkylation sites (tertiary alicyclic amines) is 1. The van der Waals surface area contributed by atoms with E-state index in [0.29, 0.717) is 53.8 Å². The number of sulfonamides is 1. The van der Waals surface area contributed by atoms with Gasteiger partial charge in [0.15, 0.2) is 0 Å². The summed E-state index contributed by atoms with van der Waals surface area (Å²) in [5, 5.41) is 3.48. The molecular weight excluding hydrogens is 512 g/mol. The summed E-state index contributed by atoms with van der Waals surface area (Å²) in [7, 11) is -3.86. The molecule has 35 heavy (non-hydrogen) atoms. The first-order valence-electron chi connectivity index (χ1n) is 11.1. The van der Waals surface area contributed by atoms with Gasteiger partial charge in [0.1, 0.15) is 5.82 Å². The van der Waals surface area contributed by atoms with Crippen LogP contribution in [-0.4, -0.2) is 32.3 Å². The van der Waals surface area contributed by atoms with E-state index in [1.165, 1.54) is 36.4 Å². The largest absolute Gasteiger partial charge is 0.326 e. The maximum absolute atomic E-state index is 13.9. The Morgan fingerprint density at radius 3 is 2.20 bits per heavy atom. The van der Waals surface area contributed by atoms with Gasteiger partial charge >= 0.3 is 0 Å². The minimum atomic E-state index is -3.86. The molecule has 0 unspecified atom stereocenters. The molecule has 0 aromatic heterocycles. The second kappa shape index (κ2) is 11.0. The van der Waals surface area contributed by atoms with Crippen LogP contribution in [0.25, 0.3) is 0 Å². The van der Waals surface area contributed by atoms with E-state index in [1.54, 1.807) is 24.3 Å². The lowest BCUT2D eigenvalue weighted by Crippen LogP contribution is -2.37. The number of benzene rings is 3. The van der Waals surface area contributed by atoms with E-state index >= 15 is 0 Å². The Morgan fingerprint density at radius 2 is 1.57 bits per heavy atom. The van der Waals surface area contributed by atoms with Crippen molar-refractivity contribution in [2.45, 2.75) is 24.3 Å². The van der Waals surface area contributed by atoms with Crippen molar-refractivity contribution in [3.05, 3.63) is 88.2 Å². The van der Waals surface area contributed by atoms with Gasteiger partial charge in [-0.3, -0.25) is 14.4 Å². The zero-order valence-electron chi connectivity index (χ0n) is 18.7. The van der Waals surface area contributed by atoms with Crippen LogP contribution in [-0.2, 0) is 21.4 Å². The standard InChI is InChI=1S/C25H24Cl2FN3O3S/c26-19-13-20(27)15-22(14-19)30-35(33,34)23-7-5-21(6-8-23)29-25(32)17-9-11-31(12-10-17)16-18-3-1-2-4-24(18)28/h1-8,13-15,17,30H,9-12,16H2,(H,29,32). The third-order valence-electron chi connectivity index (χ3n) is 5.86. The molecule has 6 nitrogen and oxygen atoms in total. The Balaban J connectivity index is 1.31. The Labute approximate surface area is 214 Å². The number of carbonyl (C=O) groups is 1. The molecule has 0 atom stereocenters. The quantitative estimate of drug-likeness (QED) is 0.401. The fourth-order valence-electron chi connectivity index (χ4n) is 4.01. The third-order valence-corrected chi connectivity index (χ3v) is 7.69. The highest BCUT2D eigenvalue weighted by molar-refractivity contribution is 7.92. The number of carbonyl (C=O) groups excluding carboxylic acids is 1. The van der Waals surface area contributed by atoms with E-state index in [2.05, 4.69) is 14.9 Å². The van der Waals surface area contributed by atoms with Gasteiger partial charge in [-0.1, -0.05) is 41.4 Å².